The average molecular weight is 427 g/mol. The van der Waals surface area contributed by atoms with Gasteiger partial charge in [-0.3, -0.25) is 4.79 Å². The minimum atomic E-state index is -0.373. The summed E-state index contributed by atoms with van der Waals surface area (Å²) in [5, 5.41) is 11.0. The zero-order valence-corrected chi connectivity index (χ0v) is 17.2. The number of esters is 1. The van der Waals surface area contributed by atoms with E-state index in [2.05, 4.69) is 20.3 Å². The second-order valence-corrected chi connectivity index (χ2v) is 7.09. The third kappa shape index (κ3) is 6.63. The van der Waals surface area contributed by atoms with Crippen LogP contribution in [-0.2, 0) is 9.53 Å². The molecule has 0 radical (unpaired) electrons. The molecular formula is C21H21N3O5S. The maximum absolute atomic E-state index is 11.4. The first-order valence-electron chi connectivity index (χ1n) is 9.22. The van der Waals surface area contributed by atoms with Gasteiger partial charge in [0.25, 0.3) is 0 Å². The van der Waals surface area contributed by atoms with Crippen molar-refractivity contribution < 1.29 is 23.8 Å². The minimum absolute atomic E-state index is 0.0580. The Balaban J connectivity index is 1.35. The molecule has 0 spiro atoms. The molecular weight excluding hydrogens is 406 g/mol. The Bertz CT molecular complexity index is 927. The van der Waals surface area contributed by atoms with Crippen molar-refractivity contribution in [2.24, 2.45) is 10.2 Å². The van der Waals surface area contributed by atoms with Gasteiger partial charge in [0.1, 0.15) is 11.5 Å². The molecule has 1 aliphatic rings. The van der Waals surface area contributed by atoms with E-state index in [1.54, 1.807) is 30.5 Å². The number of hydrogen-bond donors (Lipinski definition) is 1. The largest absolute Gasteiger partial charge is 0.493 e. The minimum Gasteiger partial charge on any atom is -0.493 e. The average Bonchev–Trinajstić information content (AvgIpc) is 3.19. The molecule has 0 aromatic heterocycles. The lowest BCUT2D eigenvalue weighted by molar-refractivity contribution is -0.116. The van der Waals surface area contributed by atoms with Gasteiger partial charge in [-0.15, -0.1) is 5.10 Å². The summed E-state index contributed by atoms with van der Waals surface area (Å²) in [6, 6.07) is 14.3. The highest BCUT2D eigenvalue weighted by Gasteiger charge is 2.15. The van der Waals surface area contributed by atoms with Crippen LogP contribution in [0.5, 0.6) is 11.5 Å². The van der Waals surface area contributed by atoms with E-state index in [4.69, 9.17) is 9.47 Å². The topological polar surface area (TPSA) is 98.6 Å². The molecule has 0 bridgehead atoms. The smallest absolute Gasteiger partial charge is 0.337 e. The van der Waals surface area contributed by atoms with E-state index >= 15 is 0 Å². The van der Waals surface area contributed by atoms with Crippen LogP contribution in [0.1, 0.15) is 22.3 Å². The molecule has 0 atom stereocenters. The van der Waals surface area contributed by atoms with Crippen LogP contribution < -0.4 is 14.8 Å². The number of ether oxygens (including phenoxy) is 3. The first kappa shape index (κ1) is 21.4. The number of hydrogen-bond acceptors (Lipinski definition) is 8. The Labute approximate surface area is 178 Å². The van der Waals surface area contributed by atoms with Crippen LogP contribution in [0.25, 0.3) is 0 Å². The van der Waals surface area contributed by atoms with Crippen LogP contribution in [-0.4, -0.2) is 49.3 Å². The fourth-order valence-electron chi connectivity index (χ4n) is 2.42. The van der Waals surface area contributed by atoms with Crippen LogP contribution >= 0.6 is 11.8 Å². The monoisotopic (exact) mass is 427 g/mol. The number of amidine groups is 1. The van der Waals surface area contributed by atoms with Crippen LogP contribution in [0.4, 0.5) is 0 Å². The Kier molecular flexibility index (Phi) is 7.85. The van der Waals surface area contributed by atoms with Gasteiger partial charge in [-0.1, -0.05) is 11.8 Å². The van der Waals surface area contributed by atoms with E-state index in [1.165, 1.54) is 18.9 Å². The van der Waals surface area contributed by atoms with Gasteiger partial charge in [-0.05, 0) is 54.1 Å². The second kappa shape index (κ2) is 11.0. The van der Waals surface area contributed by atoms with Gasteiger partial charge in [0.15, 0.2) is 5.17 Å². The zero-order chi connectivity index (χ0) is 21.2. The molecule has 0 aliphatic carbocycles. The number of nitrogens with zero attached hydrogens (tertiary/aromatic N) is 2. The van der Waals surface area contributed by atoms with E-state index in [0.717, 1.165) is 11.3 Å². The standard InChI is InChI=1S/C21H21N3O5S/c1-27-20(26)16-5-9-18(10-6-16)29-12-2-11-28-17-7-3-15(4-8-17)13-22-24-21-23-19(25)14-30-21/h3-10,13H,2,11-12,14H2,1H3,(H,23,24,25). The summed E-state index contributed by atoms with van der Waals surface area (Å²) >= 11 is 1.33. The number of amides is 1. The van der Waals surface area contributed by atoms with Crippen LogP contribution in [0.2, 0.25) is 0 Å². The first-order chi connectivity index (χ1) is 14.6. The zero-order valence-electron chi connectivity index (χ0n) is 16.4. The van der Waals surface area contributed by atoms with Gasteiger partial charge in [0.2, 0.25) is 5.91 Å². The van der Waals surface area contributed by atoms with Crippen molar-refractivity contribution in [3.05, 3.63) is 59.7 Å². The Morgan fingerprint density at radius 3 is 2.27 bits per heavy atom. The molecule has 1 amide bonds. The lowest BCUT2D eigenvalue weighted by atomic mass is 10.2. The molecule has 0 saturated carbocycles. The summed E-state index contributed by atoms with van der Waals surface area (Å²) in [5.74, 6) is 1.39. The fraction of sp³-hybridized carbons (Fsp3) is 0.238. The molecule has 1 N–H and O–H groups in total. The third-order valence-electron chi connectivity index (χ3n) is 3.92. The van der Waals surface area contributed by atoms with Crippen molar-refractivity contribution in [3.8, 4) is 11.5 Å². The lowest BCUT2D eigenvalue weighted by Crippen LogP contribution is -2.19. The van der Waals surface area contributed by atoms with Gasteiger partial charge in [-0.2, -0.15) is 5.10 Å². The van der Waals surface area contributed by atoms with E-state index in [1.807, 2.05) is 24.3 Å². The van der Waals surface area contributed by atoms with Crippen molar-refractivity contribution >= 4 is 35.0 Å². The van der Waals surface area contributed by atoms with Gasteiger partial charge >= 0.3 is 5.97 Å². The summed E-state index contributed by atoms with van der Waals surface area (Å²) in [6.07, 6.45) is 2.32. The number of nitrogens with one attached hydrogen (secondary N) is 1. The van der Waals surface area contributed by atoms with E-state index in [9.17, 15) is 9.59 Å². The molecule has 2 aromatic carbocycles. The Morgan fingerprint density at radius 2 is 1.70 bits per heavy atom. The van der Waals surface area contributed by atoms with Gasteiger partial charge in [0.05, 0.1) is 37.9 Å². The molecule has 0 unspecified atom stereocenters. The molecule has 156 valence electrons. The van der Waals surface area contributed by atoms with E-state index in [-0.39, 0.29) is 11.9 Å². The third-order valence-corrected chi connectivity index (χ3v) is 4.79. The van der Waals surface area contributed by atoms with Gasteiger partial charge < -0.3 is 19.5 Å². The van der Waals surface area contributed by atoms with Crippen LogP contribution in [0, 0.1) is 0 Å². The highest BCUT2D eigenvalue weighted by molar-refractivity contribution is 8.15. The maximum atomic E-state index is 11.4. The highest BCUT2D eigenvalue weighted by Crippen LogP contribution is 2.14. The summed E-state index contributed by atoms with van der Waals surface area (Å²) < 4.78 is 16.0. The molecule has 3 rings (SSSR count). The number of methoxy groups -OCH3 is 1. The second-order valence-electron chi connectivity index (χ2n) is 6.12. The fourth-order valence-corrected chi connectivity index (χ4v) is 3.05. The number of carbonyl (C=O) groups excluding carboxylic acids is 2. The SMILES string of the molecule is COC(=O)c1ccc(OCCCOc2ccc(C=NN=C3NC(=O)CS3)cc2)cc1. The van der Waals surface area contributed by atoms with Crippen molar-refractivity contribution in [2.75, 3.05) is 26.1 Å². The number of rotatable bonds is 9. The lowest BCUT2D eigenvalue weighted by Gasteiger charge is -2.08. The molecule has 2 aromatic rings. The molecule has 1 saturated heterocycles. The molecule has 1 fully saturated rings. The Hall–Kier alpha value is -3.33. The van der Waals surface area contributed by atoms with Crippen LogP contribution in [0.15, 0.2) is 58.7 Å². The number of thioether (sulfide) groups is 1. The van der Waals surface area contributed by atoms with Crippen molar-refractivity contribution in [1.82, 2.24) is 5.32 Å². The van der Waals surface area contributed by atoms with Gasteiger partial charge in [-0.25, -0.2) is 4.79 Å². The molecule has 1 heterocycles. The highest BCUT2D eigenvalue weighted by atomic mass is 32.2. The number of carbonyl (C=O) groups is 2. The summed E-state index contributed by atoms with van der Waals surface area (Å²) in [7, 11) is 1.35. The summed E-state index contributed by atoms with van der Waals surface area (Å²) in [6.45, 7) is 1.01. The summed E-state index contributed by atoms with van der Waals surface area (Å²) in [4.78, 5) is 22.5. The van der Waals surface area contributed by atoms with Crippen LogP contribution in [0.3, 0.4) is 0 Å². The molecule has 1 aliphatic heterocycles. The first-order valence-corrected chi connectivity index (χ1v) is 10.2. The molecule has 30 heavy (non-hydrogen) atoms. The van der Waals surface area contributed by atoms with Crippen molar-refractivity contribution in [2.45, 2.75) is 6.42 Å². The normalized spacial score (nSPS) is 14.7. The summed E-state index contributed by atoms with van der Waals surface area (Å²) in [5.41, 5.74) is 1.36. The van der Waals surface area contributed by atoms with E-state index < -0.39 is 0 Å². The maximum Gasteiger partial charge on any atom is 0.337 e. The van der Waals surface area contributed by atoms with Gasteiger partial charge in [0, 0.05) is 6.42 Å². The Morgan fingerprint density at radius 1 is 1.07 bits per heavy atom. The van der Waals surface area contributed by atoms with Crippen molar-refractivity contribution in [3.63, 3.8) is 0 Å². The predicted molar refractivity (Wildman–Crippen MR) is 115 cm³/mol. The van der Waals surface area contributed by atoms with E-state index in [0.29, 0.717) is 41.9 Å². The predicted octanol–water partition coefficient (Wildman–Crippen LogP) is 2.87. The molecule has 8 nitrogen and oxygen atoms in total. The quantitative estimate of drug-likeness (QED) is 0.286. The van der Waals surface area contributed by atoms with Crippen molar-refractivity contribution in [1.29, 1.82) is 0 Å². The molecule has 9 heteroatoms. The number of benzene rings is 2.